The van der Waals surface area contributed by atoms with E-state index in [4.69, 9.17) is 5.73 Å². The summed E-state index contributed by atoms with van der Waals surface area (Å²) in [6, 6.07) is 6.96. The molecule has 1 aromatic rings. The summed E-state index contributed by atoms with van der Waals surface area (Å²) in [5, 5.41) is 0. The number of amides is 1. The lowest BCUT2D eigenvalue weighted by molar-refractivity contribution is -0.135. The molecule has 1 saturated carbocycles. The van der Waals surface area contributed by atoms with Crippen molar-refractivity contribution in [3.05, 3.63) is 35.6 Å². The van der Waals surface area contributed by atoms with Crippen LogP contribution in [-0.4, -0.2) is 29.9 Å². The molecule has 1 saturated heterocycles. The van der Waals surface area contributed by atoms with Crippen LogP contribution in [0.5, 0.6) is 0 Å². The van der Waals surface area contributed by atoms with Crippen molar-refractivity contribution in [2.45, 2.75) is 63.8 Å². The topological polar surface area (TPSA) is 46.3 Å². The number of likely N-dealkylation sites (tertiary alicyclic amines) is 1. The fourth-order valence-corrected chi connectivity index (χ4v) is 4.49. The summed E-state index contributed by atoms with van der Waals surface area (Å²) in [7, 11) is 0. The SMILES string of the molecule is NCC1(CC(=O)N2CCCC2Cc2cccc(F)c2)CCCCC1. The van der Waals surface area contributed by atoms with Crippen LogP contribution in [0.15, 0.2) is 24.3 Å². The van der Waals surface area contributed by atoms with Crippen molar-refractivity contribution in [3.63, 3.8) is 0 Å². The maximum Gasteiger partial charge on any atom is 0.223 e. The van der Waals surface area contributed by atoms with Crippen LogP contribution in [0.2, 0.25) is 0 Å². The second-order valence-electron chi connectivity index (χ2n) is 7.66. The molecule has 1 unspecified atom stereocenters. The van der Waals surface area contributed by atoms with Gasteiger partial charge in [-0.25, -0.2) is 4.39 Å². The van der Waals surface area contributed by atoms with Crippen molar-refractivity contribution in [2.24, 2.45) is 11.1 Å². The zero-order valence-corrected chi connectivity index (χ0v) is 14.5. The third kappa shape index (κ3) is 3.97. The highest BCUT2D eigenvalue weighted by atomic mass is 19.1. The molecule has 0 spiro atoms. The average molecular weight is 332 g/mol. The number of hydrogen-bond donors (Lipinski definition) is 1. The van der Waals surface area contributed by atoms with Gasteiger partial charge in [-0.2, -0.15) is 0 Å². The van der Waals surface area contributed by atoms with Crippen molar-refractivity contribution < 1.29 is 9.18 Å². The van der Waals surface area contributed by atoms with Gasteiger partial charge in [0, 0.05) is 19.0 Å². The van der Waals surface area contributed by atoms with Crippen LogP contribution < -0.4 is 5.73 Å². The Hall–Kier alpha value is -1.42. The number of halogens is 1. The minimum Gasteiger partial charge on any atom is -0.339 e. The van der Waals surface area contributed by atoms with Crippen molar-refractivity contribution in [1.29, 1.82) is 0 Å². The van der Waals surface area contributed by atoms with Gasteiger partial charge in [0.15, 0.2) is 0 Å². The van der Waals surface area contributed by atoms with E-state index in [1.165, 1.54) is 25.3 Å². The molecule has 132 valence electrons. The summed E-state index contributed by atoms with van der Waals surface area (Å²) in [6.45, 7) is 1.45. The molecule has 1 aliphatic carbocycles. The zero-order chi connectivity index (χ0) is 17.0. The van der Waals surface area contributed by atoms with Crippen molar-refractivity contribution in [2.75, 3.05) is 13.1 Å². The first kappa shape index (κ1) is 17.4. The fourth-order valence-electron chi connectivity index (χ4n) is 4.49. The molecule has 3 nitrogen and oxygen atoms in total. The minimum atomic E-state index is -0.201. The van der Waals surface area contributed by atoms with E-state index >= 15 is 0 Å². The van der Waals surface area contributed by atoms with E-state index < -0.39 is 0 Å². The summed E-state index contributed by atoms with van der Waals surface area (Å²) in [4.78, 5) is 15.0. The Kier molecular flexibility index (Phi) is 5.54. The van der Waals surface area contributed by atoms with Gasteiger partial charge in [0.2, 0.25) is 5.91 Å². The first-order valence-electron chi connectivity index (χ1n) is 9.36. The number of carbonyl (C=O) groups excluding carboxylic acids is 1. The molecule has 1 aromatic carbocycles. The third-order valence-corrected chi connectivity index (χ3v) is 5.93. The van der Waals surface area contributed by atoms with Crippen LogP contribution in [0.25, 0.3) is 0 Å². The molecule has 2 aliphatic rings. The quantitative estimate of drug-likeness (QED) is 0.894. The number of rotatable bonds is 5. The summed E-state index contributed by atoms with van der Waals surface area (Å²) in [5.74, 6) is 0.0499. The van der Waals surface area contributed by atoms with Crippen LogP contribution in [0, 0.1) is 11.2 Å². The van der Waals surface area contributed by atoms with Gasteiger partial charge in [-0.15, -0.1) is 0 Å². The Labute approximate surface area is 144 Å². The van der Waals surface area contributed by atoms with E-state index in [1.807, 2.05) is 11.0 Å². The molecule has 0 bridgehead atoms. The Balaban J connectivity index is 1.64. The monoisotopic (exact) mass is 332 g/mol. The molecule has 0 radical (unpaired) electrons. The van der Waals surface area contributed by atoms with E-state index in [1.54, 1.807) is 12.1 Å². The standard InChI is InChI=1S/C20H29FN2O/c21-17-7-4-6-16(12-17)13-18-8-5-11-23(18)19(24)14-20(15-22)9-2-1-3-10-20/h4,6-7,12,18H,1-3,5,8-11,13-15,22H2. The average Bonchev–Trinajstić information content (AvgIpc) is 3.04. The van der Waals surface area contributed by atoms with E-state index in [-0.39, 0.29) is 23.2 Å². The minimum absolute atomic E-state index is 0.0152. The molecule has 4 heteroatoms. The lowest BCUT2D eigenvalue weighted by Crippen LogP contribution is -2.43. The van der Waals surface area contributed by atoms with Gasteiger partial charge in [0.05, 0.1) is 0 Å². The van der Waals surface area contributed by atoms with Crippen molar-refractivity contribution >= 4 is 5.91 Å². The smallest absolute Gasteiger partial charge is 0.223 e. The maximum absolute atomic E-state index is 13.4. The van der Waals surface area contributed by atoms with Gasteiger partial charge in [-0.1, -0.05) is 31.4 Å². The molecule has 1 heterocycles. The highest BCUT2D eigenvalue weighted by Gasteiger charge is 2.37. The Morgan fingerprint density at radius 3 is 2.75 bits per heavy atom. The number of nitrogens with zero attached hydrogens (tertiary/aromatic N) is 1. The zero-order valence-electron chi connectivity index (χ0n) is 14.5. The number of nitrogens with two attached hydrogens (primary N) is 1. The molecule has 3 rings (SSSR count). The second-order valence-corrected chi connectivity index (χ2v) is 7.66. The predicted octanol–water partition coefficient (Wildman–Crippen LogP) is 3.66. The van der Waals surface area contributed by atoms with Crippen LogP contribution >= 0.6 is 0 Å². The first-order valence-corrected chi connectivity index (χ1v) is 9.36. The van der Waals surface area contributed by atoms with Crippen LogP contribution in [-0.2, 0) is 11.2 Å². The Morgan fingerprint density at radius 1 is 1.25 bits per heavy atom. The van der Waals surface area contributed by atoms with Crippen LogP contribution in [0.4, 0.5) is 4.39 Å². The largest absolute Gasteiger partial charge is 0.339 e. The van der Waals surface area contributed by atoms with Crippen LogP contribution in [0.3, 0.4) is 0 Å². The number of carbonyl (C=O) groups is 1. The lowest BCUT2D eigenvalue weighted by Gasteiger charge is -2.37. The van der Waals surface area contributed by atoms with Gasteiger partial charge >= 0.3 is 0 Å². The molecular weight excluding hydrogens is 303 g/mol. The van der Waals surface area contributed by atoms with Gasteiger partial charge in [0.25, 0.3) is 0 Å². The summed E-state index contributed by atoms with van der Waals surface area (Å²) in [6.07, 6.45) is 9.20. The molecule has 24 heavy (non-hydrogen) atoms. The second kappa shape index (κ2) is 7.64. The third-order valence-electron chi connectivity index (χ3n) is 5.93. The molecule has 1 atom stereocenters. The molecule has 0 aromatic heterocycles. The normalized spacial score (nSPS) is 23.4. The molecule has 1 aliphatic heterocycles. The van der Waals surface area contributed by atoms with Crippen molar-refractivity contribution in [1.82, 2.24) is 4.90 Å². The maximum atomic E-state index is 13.4. The highest BCUT2D eigenvalue weighted by Crippen LogP contribution is 2.39. The van der Waals surface area contributed by atoms with Crippen LogP contribution in [0.1, 0.15) is 56.9 Å². The first-order chi connectivity index (χ1) is 11.6. The lowest BCUT2D eigenvalue weighted by atomic mass is 9.71. The number of benzene rings is 1. The molecule has 2 N–H and O–H groups in total. The van der Waals surface area contributed by atoms with E-state index in [9.17, 15) is 9.18 Å². The van der Waals surface area contributed by atoms with Gasteiger partial charge in [-0.05, 0) is 61.8 Å². The fraction of sp³-hybridized carbons (Fsp3) is 0.650. The molecule has 1 amide bonds. The number of hydrogen-bond acceptors (Lipinski definition) is 2. The summed E-state index contributed by atoms with van der Waals surface area (Å²) >= 11 is 0. The summed E-state index contributed by atoms with van der Waals surface area (Å²) in [5.41, 5.74) is 7.04. The predicted molar refractivity (Wildman–Crippen MR) is 94.0 cm³/mol. The highest BCUT2D eigenvalue weighted by molar-refractivity contribution is 5.77. The molecule has 2 fully saturated rings. The Morgan fingerprint density at radius 2 is 2.04 bits per heavy atom. The van der Waals surface area contributed by atoms with E-state index in [0.717, 1.165) is 44.2 Å². The van der Waals surface area contributed by atoms with Gasteiger partial charge in [0.1, 0.15) is 5.82 Å². The van der Waals surface area contributed by atoms with E-state index in [0.29, 0.717) is 13.0 Å². The Bertz CT molecular complexity index is 569. The summed E-state index contributed by atoms with van der Waals surface area (Å²) < 4.78 is 13.4. The van der Waals surface area contributed by atoms with E-state index in [2.05, 4.69) is 0 Å². The van der Waals surface area contributed by atoms with Gasteiger partial charge < -0.3 is 10.6 Å². The van der Waals surface area contributed by atoms with Crippen molar-refractivity contribution in [3.8, 4) is 0 Å². The van der Waals surface area contributed by atoms with Gasteiger partial charge in [-0.3, -0.25) is 4.79 Å². The molecular formula is C20H29FN2O.